The number of rotatable bonds is 7. The van der Waals surface area contributed by atoms with Gasteiger partial charge in [0.25, 0.3) is 10.0 Å². The second kappa shape index (κ2) is 13.1. The van der Waals surface area contributed by atoms with Crippen LogP contribution in [0.1, 0.15) is 50.8 Å². The maximum atomic E-state index is 14.0. The van der Waals surface area contributed by atoms with Crippen LogP contribution in [-0.2, 0) is 21.3 Å². The number of nitrogens with zero attached hydrogens (tertiary/aromatic N) is 7. The summed E-state index contributed by atoms with van der Waals surface area (Å²) in [5.41, 5.74) is 3.68. The lowest BCUT2D eigenvalue weighted by Gasteiger charge is -2.33. The Labute approximate surface area is 294 Å². The quantitative estimate of drug-likeness (QED) is 0.172. The molecule has 14 heteroatoms. The van der Waals surface area contributed by atoms with Crippen LogP contribution in [0.25, 0.3) is 33.3 Å². The van der Waals surface area contributed by atoms with Crippen LogP contribution in [0.2, 0.25) is 0 Å². The van der Waals surface area contributed by atoms with Crippen molar-refractivity contribution in [2.24, 2.45) is 0 Å². The van der Waals surface area contributed by atoms with Gasteiger partial charge < -0.3 is 9.64 Å². The Morgan fingerprint density at radius 2 is 1.57 bits per heavy atom. The largest absolute Gasteiger partial charge is 0.444 e. The van der Waals surface area contributed by atoms with Crippen molar-refractivity contribution in [3.63, 3.8) is 0 Å². The Morgan fingerprint density at radius 1 is 0.882 bits per heavy atom. The van der Waals surface area contributed by atoms with Crippen LogP contribution >= 0.6 is 0 Å². The van der Waals surface area contributed by atoms with E-state index in [0.717, 1.165) is 22.8 Å². The van der Waals surface area contributed by atoms with Gasteiger partial charge in [0.1, 0.15) is 17.2 Å². The number of fused-ring (bicyclic) bond motifs is 1. The third-order valence-electron chi connectivity index (χ3n) is 8.83. The van der Waals surface area contributed by atoms with E-state index in [1.165, 1.54) is 27.0 Å². The number of pyridine rings is 1. The summed E-state index contributed by atoms with van der Waals surface area (Å²) in [6, 6.07) is 11.9. The van der Waals surface area contributed by atoms with Crippen molar-refractivity contribution >= 4 is 27.1 Å². The zero-order valence-corrected chi connectivity index (χ0v) is 29.4. The molecule has 2 aromatic carbocycles. The highest BCUT2D eigenvalue weighted by Crippen LogP contribution is 2.35. The van der Waals surface area contributed by atoms with Crippen LogP contribution in [0.3, 0.4) is 0 Å². The molecule has 11 nitrogen and oxygen atoms in total. The standard InChI is InChI=1S/C37H37F2N7O4S/c1-24-5-7-32(8-6-24)51(48,49)46-23-34(28-19-41-44(21-28)20-25-13-29(38)16-30(39)14-25)33-15-26(17-40-35(33)46)27-18-42-45(22-27)31-9-11-43(12-10-31)36(47)50-37(2,3)4/h5-8,13-19,21-23,31H,9-12,20H2,1-4H3. The average molecular weight is 714 g/mol. The van der Waals surface area contributed by atoms with E-state index in [1.54, 1.807) is 54.0 Å². The topological polar surface area (TPSA) is 117 Å². The Morgan fingerprint density at radius 3 is 2.25 bits per heavy atom. The van der Waals surface area contributed by atoms with Gasteiger partial charge in [-0.3, -0.25) is 9.36 Å². The van der Waals surface area contributed by atoms with Gasteiger partial charge in [-0.2, -0.15) is 10.2 Å². The summed E-state index contributed by atoms with van der Waals surface area (Å²) in [6.07, 6.45) is 11.2. The zero-order valence-electron chi connectivity index (χ0n) is 28.6. The number of likely N-dealkylation sites (tertiary alicyclic amines) is 1. The van der Waals surface area contributed by atoms with Crippen LogP contribution in [-0.4, -0.2) is 66.6 Å². The number of amides is 1. The van der Waals surface area contributed by atoms with E-state index in [9.17, 15) is 22.0 Å². The maximum Gasteiger partial charge on any atom is 0.410 e. The third kappa shape index (κ3) is 7.13. The number of hydrogen-bond acceptors (Lipinski definition) is 7. The molecule has 7 rings (SSSR count). The van der Waals surface area contributed by atoms with Gasteiger partial charge in [0.05, 0.1) is 29.9 Å². The number of benzene rings is 2. The van der Waals surface area contributed by atoms with Crippen molar-refractivity contribution in [2.45, 2.75) is 63.6 Å². The first kappa shape index (κ1) is 34.1. The summed E-state index contributed by atoms with van der Waals surface area (Å²) in [5, 5.41) is 9.62. The Hall–Kier alpha value is -5.37. The molecule has 5 heterocycles. The predicted octanol–water partition coefficient (Wildman–Crippen LogP) is 7.21. The lowest BCUT2D eigenvalue weighted by atomic mass is 10.0. The van der Waals surface area contributed by atoms with Gasteiger partial charge in [-0.05, 0) is 76.4 Å². The summed E-state index contributed by atoms with van der Waals surface area (Å²) in [7, 11) is -4.04. The Bertz CT molecular complexity index is 2330. The molecular formula is C37H37F2N7O4S. The smallest absolute Gasteiger partial charge is 0.410 e. The first-order chi connectivity index (χ1) is 24.2. The second-order valence-corrected chi connectivity index (χ2v) is 15.7. The minimum atomic E-state index is -4.04. The normalized spacial score (nSPS) is 14.4. The van der Waals surface area contributed by atoms with Gasteiger partial charge in [0.2, 0.25) is 0 Å². The van der Waals surface area contributed by atoms with Gasteiger partial charge in [-0.15, -0.1) is 0 Å². The van der Waals surface area contributed by atoms with Crippen molar-refractivity contribution in [1.29, 1.82) is 0 Å². The minimum absolute atomic E-state index is 0.0860. The summed E-state index contributed by atoms with van der Waals surface area (Å²) < 4.78 is 65.8. The molecule has 0 saturated carbocycles. The number of piperidine rings is 1. The lowest BCUT2D eigenvalue weighted by Crippen LogP contribution is -2.42. The molecule has 6 aromatic rings. The monoisotopic (exact) mass is 713 g/mol. The van der Waals surface area contributed by atoms with Gasteiger partial charge >= 0.3 is 6.09 Å². The van der Waals surface area contributed by atoms with Crippen molar-refractivity contribution < 1.29 is 26.7 Å². The molecule has 0 atom stereocenters. The lowest BCUT2D eigenvalue weighted by molar-refractivity contribution is 0.0184. The van der Waals surface area contributed by atoms with Crippen molar-refractivity contribution in [2.75, 3.05) is 13.1 Å². The molecule has 1 saturated heterocycles. The highest BCUT2D eigenvalue weighted by molar-refractivity contribution is 7.90. The van der Waals surface area contributed by atoms with Gasteiger partial charge in [0, 0.05) is 71.6 Å². The summed E-state index contributed by atoms with van der Waals surface area (Å²) >= 11 is 0. The molecular weight excluding hydrogens is 677 g/mol. The molecule has 0 bridgehead atoms. The van der Waals surface area contributed by atoms with E-state index < -0.39 is 27.3 Å². The van der Waals surface area contributed by atoms with Gasteiger partial charge in [0.15, 0.2) is 5.65 Å². The van der Waals surface area contributed by atoms with Crippen molar-refractivity contribution in [1.82, 2.24) is 33.4 Å². The number of aryl methyl sites for hydroxylation is 1. The fraction of sp³-hybridized carbons (Fsp3) is 0.297. The average Bonchev–Trinajstić information content (AvgIpc) is 3.83. The van der Waals surface area contributed by atoms with E-state index in [-0.39, 0.29) is 29.2 Å². The first-order valence-electron chi connectivity index (χ1n) is 16.6. The number of hydrogen-bond donors (Lipinski definition) is 0. The van der Waals surface area contributed by atoms with Crippen LogP contribution < -0.4 is 0 Å². The summed E-state index contributed by atoms with van der Waals surface area (Å²) in [4.78, 5) is 19.1. The summed E-state index contributed by atoms with van der Waals surface area (Å²) in [6.45, 7) is 8.64. The molecule has 1 aliphatic rings. The molecule has 264 valence electrons. The fourth-order valence-electron chi connectivity index (χ4n) is 6.28. The van der Waals surface area contributed by atoms with Crippen molar-refractivity contribution in [3.05, 3.63) is 108 Å². The van der Waals surface area contributed by atoms with Gasteiger partial charge in [-0.1, -0.05) is 17.7 Å². The number of ether oxygens (including phenoxy) is 1. The van der Waals surface area contributed by atoms with Crippen LogP contribution in [0.5, 0.6) is 0 Å². The highest BCUT2D eigenvalue weighted by Gasteiger charge is 2.28. The van der Waals surface area contributed by atoms with E-state index >= 15 is 0 Å². The molecule has 4 aromatic heterocycles. The van der Waals surface area contributed by atoms with Crippen LogP contribution in [0.15, 0.2) is 90.6 Å². The van der Waals surface area contributed by atoms with Crippen molar-refractivity contribution in [3.8, 4) is 22.3 Å². The number of halogens is 2. The predicted molar refractivity (Wildman–Crippen MR) is 187 cm³/mol. The fourth-order valence-corrected chi connectivity index (χ4v) is 7.60. The minimum Gasteiger partial charge on any atom is -0.444 e. The Kier molecular flexibility index (Phi) is 8.74. The summed E-state index contributed by atoms with van der Waals surface area (Å²) in [5.74, 6) is -1.37. The third-order valence-corrected chi connectivity index (χ3v) is 10.5. The molecule has 0 unspecified atom stereocenters. The highest BCUT2D eigenvalue weighted by atomic mass is 32.2. The molecule has 0 radical (unpaired) electrons. The number of carbonyl (C=O) groups excluding carboxylic acids is 1. The molecule has 1 fully saturated rings. The second-order valence-electron chi connectivity index (χ2n) is 13.9. The zero-order chi connectivity index (χ0) is 36.1. The molecule has 0 aliphatic carbocycles. The maximum absolute atomic E-state index is 14.0. The Balaban J connectivity index is 1.22. The molecule has 51 heavy (non-hydrogen) atoms. The number of carbonyl (C=O) groups is 1. The molecule has 0 N–H and O–H groups in total. The van der Waals surface area contributed by atoms with Crippen LogP contribution in [0.4, 0.5) is 13.6 Å². The van der Waals surface area contributed by atoms with E-state index in [4.69, 9.17) is 4.74 Å². The molecule has 1 amide bonds. The van der Waals surface area contributed by atoms with E-state index in [0.29, 0.717) is 48.0 Å². The SMILES string of the molecule is Cc1ccc(S(=O)(=O)n2cc(-c3cnn(Cc4cc(F)cc(F)c4)c3)c3cc(-c4cnn(C5CCN(C(=O)OC(C)(C)C)CC5)c4)cnc32)cc1. The molecule has 1 aliphatic heterocycles. The van der Waals surface area contributed by atoms with Gasteiger partial charge in [-0.25, -0.2) is 30.9 Å². The van der Waals surface area contributed by atoms with E-state index in [1.807, 2.05) is 44.6 Å². The molecule has 0 spiro atoms. The first-order valence-corrected chi connectivity index (χ1v) is 18.0. The van der Waals surface area contributed by atoms with Crippen LogP contribution in [0, 0.1) is 18.6 Å². The number of aromatic nitrogens is 6. The van der Waals surface area contributed by atoms with E-state index in [2.05, 4.69) is 15.2 Å².